The van der Waals surface area contributed by atoms with Crippen molar-refractivity contribution in [1.82, 2.24) is 5.32 Å². The average Bonchev–Trinajstić information content (AvgIpc) is 3.31. The van der Waals surface area contributed by atoms with Crippen LogP contribution in [-0.2, 0) is 9.59 Å². The number of carboxylic acids is 1. The molecule has 1 aromatic carbocycles. The maximum Gasteiger partial charge on any atom is 0.326 e. The fraction of sp³-hybridized carbons (Fsp3) is 0.500. The Balaban J connectivity index is 2.08. The first-order valence-corrected chi connectivity index (χ1v) is 7.26. The van der Waals surface area contributed by atoms with E-state index in [1.165, 1.54) is 0 Å². The van der Waals surface area contributed by atoms with Gasteiger partial charge < -0.3 is 19.9 Å². The number of amides is 1. The first-order valence-electron chi connectivity index (χ1n) is 7.26. The van der Waals surface area contributed by atoms with Gasteiger partial charge in [0.2, 0.25) is 5.91 Å². The third-order valence-corrected chi connectivity index (χ3v) is 3.99. The number of hydrogen-bond donors (Lipinski definition) is 2. The minimum atomic E-state index is -1.01. The molecule has 3 atom stereocenters. The van der Waals surface area contributed by atoms with E-state index in [4.69, 9.17) is 14.6 Å². The summed E-state index contributed by atoms with van der Waals surface area (Å²) in [5.74, 6) is 0.0205. The van der Waals surface area contributed by atoms with Crippen molar-refractivity contribution in [3.05, 3.63) is 23.8 Å². The molecule has 0 bridgehead atoms. The highest BCUT2D eigenvalue weighted by molar-refractivity contribution is 5.87. The van der Waals surface area contributed by atoms with E-state index in [-0.39, 0.29) is 17.7 Å². The molecule has 0 aliphatic heterocycles. The van der Waals surface area contributed by atoms with Crippen molar-refractivity contribution >= 4 is 11.9 Å². The maximum absolute atomic E-state index is 12.2. The molecule has 1 fully saturated rings. The lowest BCUT2D eigenvalue weighted by Crippen LogP contribution is -2.41. The Labute approximate surface area is 129 Å². The van der Waals surface area contributed by atoms with Crippen molar-refractivity contribution in [1.29, 1.82) is 0 Å². The second-order valence-electron chi connectivity index (χ2n) is 5.36. The van der Waals surface area contributed by atoms with Crippen molar-refractivity contribution in [3.63, 3.8) is 0 Å². The number of carboxylic acid groups (broad SMARTS) is 1. The van der Waals surface area contributed by atoms with E-state index in [9.17, 15) is 9.59 Å². The maximum atomic E-state index is 12.2. The summed E-state index contributed by atoms with van der Waals surface area (Å²) in [7, 11) is 3.17. The minimum Gasteiger partial charge on any atom is -0.497 e. The van der Waals surface area contributed by atoms with Crippen LogP contribution in [0.25, 0.3) is 0 Å². The zero-order valence-corrected chi connectivity index (χ0v) is 13.0. The Kier molecular flexibility index (Phi) is 4.90. The number of carbonyl (C=O) groups is 2. The Morgan fingerprint density at radius 1 is 1.36 bits per heavy atom. The number of hydrogen-bond acceptors (Lipinski definition) is 4. The van der Waals surface area contributed by atoms with Gasteiger partial charge in [-0.2, -0.15) is 0 Å². The van der Waals surface area contributed by atoms with Crippen molar-refractivity contribution in [2.75, 3.05) is 14.2 Å². The quantitative estimate of drug-likeness (QED) is 0.802. The van der Waals surface area contributed by atoms with E-state index < -0.39 is 12.0 Å². The minimum absolute atomic E-state index is 0.0383. The molecule has 2 N–H and O–H groups in total. The lowest BCUT2D eigenvalue weighted by molar-refractivity contribution is -0.142. The van der Waals surface area contributed by atoms with Crippen molar-refractivity contribution in [2.45, 2.75) is 31.7 Å². The molecule has 1 amide bonds. The number of nitrogens with one attached hydrogen (secondary N) is 1. The second kappa shape index (κ2) is 6.68. The Bertz CT molecular complexity index is 572. The van der Waals surface area contributed by atoms with Crippen LogP contribution in [0.15, 0.2) is 18.2 Å². The molecule has 0 saturated heterocycles. The van der Waals surface area contributed by atoms with Crippen LogP contribution in [0.5, 0.6) is 11.5 Å². The van der Waals surface area contributed by atoms with Gasteiger partial charge in [-0.15, -0.1) is 0 Å². The van der Waals surface area contributed by atoms with Crippen LogP contribution in [-0.4, -0.2) is 37.2 Å². The highest BCUT2D eigenvalue weighted by atomic mass is 16.5. The monoisotopic (exact) mass is 307 g/mol. The molecule has 0 radical (unpaired) electrons. The first kappa shape index (κ1) is 16.1. The summed E-state index contributed by atoms with van der Waals surface area (Å²) in [5, 5.41) is 11.6. The highest BCUT2D eigenvalue weighted by Crippen LogP contribution is 2.51. The van der Waals surface area contributed by atoms with Gasteiger partial charge in [0.15, 0.2) is 0 Å². The molecule has 0 spiro atoms. The molecule has 1 aromatic rings. The summed E-state index contributed by atoms with van der Waals surface area (Å²) in [6.07, 6.45) is 1.05. The van der Waals surface area contributed by atoms with Gasteiger partial charge >= 0.3 is 5.97 Å². The van der Waals surface area contributed by atoms with Gasteiger partial charge in [0.1, 0.15) is 17.5 Å². The first-order chi connectivity index (χ1) is 10.5. The molecule has 120 valence electrons. The van der Waals surface area contributed by atoms with E-state index in [2.05, 4.69) is 5.32 Å². The van der Waals surface area contributed by atoms with Crippen LogP contribution >= 0.6 is 0 Å². The van der Waals surface area contributed by atoms with Gasteiger partial charge in [0.25, 0.3) is 0 Å². The number of ether oxygens (including phenoxy) is 2. The largest absolute Gasteiger partial charge is 0.497 e. The number of benzene rings is 1. The van der Waals surface area contributed by atoms with Crippen LogP contribution in [0, 0.1) is 5.92 Å². The molecule has 1 aliphatic carbocycles. The molecule has 1 aliphatic rings. The molecule has 0 aromatic heterocycles. The van der Waals surface area contributed by atoms with E-state index in [0.29, 0.717) is 24.3 Å². The Hall–Kier alpha value is -2.24. The average molecular weight is 307 g/mol. The molecule has 6 nitrogen and oxygen atoms in total. The summed E-state index contributed by atoms with van der Waals surface area (Å²) >= 11 is 0. The normalized spacial score (nSPS) is 20.9. The molecule has 1 saturated carbocycles. The van der Waals surface area contributed by atoms with E-state index in [1.807, 2.05) is 12.1 Å². The van der Waals surface area contributed by atoms with Gasteiger partial charge in [-0.1, -0.05) is 6.92 Å². The summed E-state index contributed by atoms with van der Waals surface area (Å²) in [5.41, 5.74) is 0.922. The number of rotatable bonds is 7. The van der Waals surface area contributed by atoms with Crippen molar-refractivity contribution < 1.29 is 24.2 Å². The van der Waals surface area contributed by atoms with Crippen molar-refractivity contribution in [3.8, 4) is 11.5 Å². The van der Waals surface area contributed by atoms with Crippen LogP contribution in [0.4, 0.5) is 0 Å². The molecular weight excluding hydrogens is 286 g/mol. The third-order valence-electron chi connectivity index (χ3n) is 3.99. The molecule has 3 unspecified atom stereocenters. The Morgan fingerprint density at radius 3 is 2.64 bits per heavy atom. The lowest BCUT2D eigenvalue weighted by Gasteiger charge is -2.13. The van der Waals surface area contributed by atoms with E-state index in [1.54, 1.807) is 27.2 Å². The highest BCUT2D eigenvalue weighted by Gasteiger charge is 2.46. The number of carbonyl (C=O) groups excluding carboxylic acids is 1. The second-order valence-corrected chi connectivity index (χ2v) is 5.36. The number of aliphatic carboxylic acids is 1. The van der Waals surface area contributed by atoms with Gasteiger partial charge in [0.05, 0.1) is 14.2 Å². The fourth-order valence-electron chi connectivity index (χ4n) is 2.57. The number of methoxy groups -OCH3 is 2. The lowest BCUT2D eigenvalue weighted by atomic mass is 10.1. The van der Waals surface area contributed by atoms with E-state index >= 15 is 0 Å². The summed E-state index contributed by atoms with van der Waals surface area (Å²) in [6, 6.07) is 4.65. The fourth-order valence-corrected chi connectivity index (χ4v) is 2.57. The standard InChI is InChI=1S/C16H21NO5/c1-4-13(16(19)20)17-15(18)12-8-10(12)11-7-9(21-2)5-6-14(11)22-3/h5-7,10,12-13H,4,8H2,1-3H3,(H,17,18)(H,19,20). The van der Waals surface area contributed by atoms with Gasteiger partial charge in [0, 0.05) is 17.4 Å². The van der Waals surface area contributed by atoms with Gasteiger partial charge in [-0.05, 0) is 31.0 Å². The van der Waals surface area contributed by atoms with Gasteiger partial charge in [-0.3, -0.25) is 4.79 Å². The molecule has 22 heavy (non-hydrogen) atoms. The van der Waals surface area contributed by atoms with Crippen LogP contribution < -0.4 is 14.8 Å². The third kappa shape index (κ3) is 3.32. The zero-order valence-electron chi connectivity index (χ0n) is 13.0. The van der Waals surface area contributed by atoms with Gasteiger partial charge in [-0.25, -0.2) is 4.79 Å². The van der Waals surface area contributed by atoms with Crippen LogP contribution in [0.1, 0.15) is 31.2 Å². The zero-order chi connectivity index (χ0) is 16.3. The predicted molar refractivity (Wildman–Crippen MR) is 80.3 cm³/mol. The predicted octanol–water partition coefficient (Wildman–Crippen LogP) is 1.79. The molecule has 6 heteroatoms. The van der Waals surface area contributed by atoms with Crippen LogP contribution in [0.3, 0.4) is 0 Å². The van der Waals surface area contributed by atoms with Crippen LogP contribution in [0.2, 0.25) is 0 Å². The Morgan fingerprint density at radius 2 is 2.09 bits per heavy atom. The topological polar surface area (TPSA) is 84.9 Å². The molecular formula is C16H21NO5. The van der Waals surface area contributed by atoms with E-state index in [0.717, 1.165) is 5.56 Å². The summed E-state index contributed by atoms with van der Waals surface area (Å²) < 4.78 is 10.5. The molecule has 0 heterocycles. The smallest absolute Gasteiger partial charge is 0.326 e. The summed E-state index contributed by atoms with van der Waals surface area (Å²) in [6.45, 7) is 1.73. The van der Waals surface area contributed by atoms with Crippen molar-refractivity contribution in [2.24, 2.45) is 5.92 Å². The summed E-state index contributed by atoms with van der Waals surface area (Å²) in [4.78, 5) is 23.2. The molecule has 2 rings (SSSR count). The SMILES string of the molecule is CCC(NC(=O)C1CC1c1cc(OC)ccc1OC)C(=O)O.